The van der Waals surface area contributed by atoms with E-state index in [4.69, 9.17) is 5.26 Å². The molecule has 0 atom stereocenters. The van der Waals surface area contributed by atoms with Crippen molar-refractivity contribution in [2.45, 2.75) is 39.5 Å². The van der Waals surface area contributed by atoms with Gasteiger partial charge in [0.05, 0.1) is 6.07 Å². The number of nitriles is 1. The Morgan fingerprint density at radius 1 is 1.29 bits per heavy atom. The molecule has 14 heavy (non-hydrogen) atoms. The van der Waals surface area contributed by atoms with Gasteiger partial charge in [0.2, 0.25) is 0 Å². The lowest BCUT2D eigenvalue weighted by molar-refractivity contribution is 0.857. The number of benzene rings is 1. The van der Waals surface area contributed by atoms with Crippen LogP contribution in [0, 0.1) is 18.3 Å². The highest BCUT2D eigenvalue weighted by atomic mass is 14.2. The molecule has 0 radical (unpaired) electrons. The van der Waals surface area contributed by atoms with E-state index in [1.165, 1.54) is 16.7 Å². The molecule has 0 heterocycles. The Morgan fingerprint density at radius 2 is 2.00 bits per heavy atom. The molecule has 1 rings (SSSR count). The second-order valence-electron chi connectivity index (χ2n) is 4.06. The minimum atomic E-state index is 0.565. The fraction of sp³-hybridized carbons (Fsp3) is 0.462. The first-order valence-corrected chi connectivity index (χ1v) is 5.11. The van der Waals surface area contributed by atoms with Crippen molar-refractivity contribution < 1.29 is 0 Å². The molecule has 0 N–H and O–H groups in total. The van der Waals surface area contributed by atoms with Gasteiger partial charge in [-0.15, -0.1) is 0 Å². The van der Waals surface area contributed by atoms with Crippen LogP contribution in [0.1, 0.15) is 42.9 Å². The van der Waals surface area contributed by atoms with Crippen LogP contribution in [-0.2, 0) is 6.42 Å². The van der Waals surface area contributed by atoms with Gasteiger partial charge >= 0.3 is 0 Å². The number of hydrogen-bond donors (Lipinski definition) is 0. The molecule has 0 bridgehead atoms. The number of hydrogen-bond acceptors (Lipinski definition) is 1. The van der Waals surface area contributed by atoms with Gasteiger partial charge in [-0.1, -0.05) is 37.6 Å². The van der Waals surface area contributed by atoms with Crippen molar-refractivity contribution in [3.63, 3.8) is 0 Å². The van der Waals surface area contributed by atoms with Gasteiger partial charge in [0.25, 0.3) is 0 Å². The molecule has 0 amide bonds. The molecule has 1 nitrogen and oxygen atoms in total. The zero-order valence-electron chi connectivity index (χ0n) is 9.17. The molecule has 74 valence electrons. The lowest BCUT2D eigenvalue weighted by Gasteiger charge is -2.09. The minimum absolute atomic E-state index is 0.565. The molecule has 1 heteroatoms. The Bertz CT molecular complexity index is 345. The minimum Gasteiger partial charge on any atom is -0.198 e. The average molecular weight is 187 g/mol. The first-order valence-electron chi connectivity index (χ1n) is 5.11. The van der Waals surface area contributed by atoms with Gasteiger partial charge in [-0.2, -0.15) is 5.26 Å². The van der Waals surface area contributed by atoms with Crippen LogP contribution < -0.4 is 0 Å². The number of aryl methyl sites for hydroxylation is 2. The van der Waals surface area contributed by atoms with Crippen LogP contribution >= 0.6 is 0 Å². The van der Waals surface area contributed by atoms with Crippen molar-refractivity contribution in [1.29, 1.82) is 5.26 Å². The molecule has 0 saturated heterocycles. The largest absolute Gasteiger partial charge is 0.198 e. The fourth-order valence-corrected chi connectivity index (χ4v) is 1.57. The standard InChI is InChI=1S/C13H17N/c1-10(2)13-8-11(3)7-12(9-13)5-4-6-14/h7-10H,4-5H2,1-3H3. The molecule has 0 aliphatic rings. The molecule has 0 unspecified atom stereocenters. The van der Waals surface area contributed by atoms with E-state index in [0.29, 0.717) is 12.3 Å². The number of rotatable bonds is 3. The third kappa shape index (κ3) is 2.88. The van der Waals surface area contributed by atoms with E-state index < -0.39 is 0 Å². The summed E-state index contributed by atoms with van der Waals surface area (Å²) >= 11 is 0. The van der Waals surface area contributed by atoms with Gasteiger partial charge in [0.1, 0.15) is 0 Å². The Labute approximate surface area is 86.4 Å². The highest BCUT2D eigenvalue weighted by Gasteiger charge is 2.02. The van der Waals surface area contributed by atoms with Crippen molar-refractivity contribution in [3.8, 4) is 6.07 Å². The van der Waals surface area contributed by atoms with E-state index in [9.17, 15) is 0 Å². The summed E-state index contributed by atoms with van der Waals surface area (Å²) in [6.45, 7) is 6.51. The summed E-state index contributed by atoms with van der Waals surface area (Å²) in [5, 5.41) is 8.53. The third-order valence-corrected chi connectivity index (χ3v) is 2.35. The molecular weight excluding hydrogens is 170 g/mol. The van der Waals surface area contributed by atoms with Gasteiger partial charge in [0.15, 0.2) is 0 Å². The molecule has 0 aliphatic carbocycles. The van der Waals surface area contributed by atoms with Crippen LogP contribution in [-0.4, -0.2) is 0 Å². The van der Waals surface area contributed by atoms with E-state index in [0.717, 1.165) is 6.42 Å². The second kappa shape index (κ2) is 4.81. The van der Waals surface area contributed by atoms with Crippen molar-refractivity contribution in [2.75, 3.05) is 0 Å². The molecule has 1 aromatic rings. The van der Waals surface area contributed by atoms with Gasteiger partial charge in [0, 0.05) is 6.42 Å². The zero-order valence-corrected chi connectivity index (χ0v) is 9.17. The van der Waals surface area contributed by atoms with E-state index in [-0.39, 0.29) is 0 Å². The molecule has 0 saturated carbocycles. The van der Waals surface area contributed by atoms with Crippen molar-refractivity contribution in [2.24, 2.45) is 0 Å². The van der Waals surface area contributed by atoms with E-state index >= 15 is 0 Å². The first-order chi connectivity index (χ1) is 6.63. The predicted molar refractivity (Wildman–Crippen MR) is 59.2 cm³/mol. The maximum Gasteiger partial charge on any atom is 0.0625 e. The summed E-state index contributed by atoms with van der Waals surface area (Å²) in [7, 11) is 0. The lowest BCUT2D eigenvalue weighted by Crippen LogP contribution is -1.92. The molecule has 0 aliphatic heterocycles. The molecule has 0 spiro atoms. The van der Waals surface area contributed by atoms with Crippen LogP contribution in [0.4, 0.5) is 0 Å². The van der Waals surface area contributed by atoms with Crippen molar-refractivity contribution in [3.05, 3.63) is 34.9 Å². The molecule has 1 aromatic carbocycles. The highest BCUT2D eigenvalue weighted by Crippen LogP contribution is 2.18. The summed E-state index contributed by atoms with van der Waals surface area (Å²) < 4.78 is 0. The van der Waals surface area contributed by atoms with Gasteiger partial charge in [-0.05, 0) is 30.4 Å². The zero-order chi connectivity index (χ0) is 10.6. The van der Waals surface area contributed by atoms with Crippen LogP contribution in [0.15, 0.2) is 18.2 Å². The van der Waals surface area contributed by atoms with E-state index in [1.807, 2.05) is 0 Å². The quantitative estimate of drug-likeness (QED) is 0.709. The first kappa shape index (κ1) is 10.8. The van der Waals surface area contributed by atoms with Crippen molar-refractivity contribution in [1.82, 2.24) is 0 Å². The van der Waals surface area contributed by atoms with Crippen LogP contribution in [0.3, 0.4) is 0 Å². The SMILES string of the molecule is Cc1cc(CCC#N)cc(C(C)C)c1. The van der Waals surface area contributed by atoms with E-state index in [2.05, 4.69) is 45.0 Å². The Kier molecular flexibility index (Phi) is 3.71. The summed E-state index contributed by atoms with van der Waals surface area (Å²) in [5.74, 6) is 0.565. The van der Waals surface area contributed by atoms with E-state index in [1.54, 1.807) is 0 Å². The summed E-state index contributed by atoms with van der Waals surface area (Å²) in [5.41, 5.74) is 3.96. The van der Waals surface area contributed by atoms with Gasteiger partial charge in [-0.3, -0.25) is 0 Å². The average Bonchev–Trinajstić information content (AvgIpc) is 2.14. The summed E-state index contributed by atoms with van der Waals surface area (Å²) in [6, 6.07) is 8.79. The Balaban J connectivity index is 2.90. The van der Waals surface area contributed by atoms with Crippen LogP contribution in [0.5, 0.6) is 0 Å². The fourth-order valence-electron chi connectivity index (χ4n) is 1.57. The topological polar surface area (TPSA) is 23.8 Å². The van der Waals surface area contributed by atoms with Crippen LogP contribution in [0.25, 0.3) is 0 Å². The predicted octanol–water partition coefficient (Wildman–Crippen LogP) is 3.57. The monoisotopic (exact) mass is 187 g/mol. The van der Waals surface area contributed by atoms with Crippen LogP contribution in [0.2, 0.25) is 0 Å². The normalized spacial score (nSPS) is 10.2. The maximum absolute atomic E-state index is 8.53. The molecule has 0 fully saturated rings. The summed E-state index contributed by atoms with van der Waals surface area (Å²) in [6.07, 6.45) is 1.49. The Hall–Kier alpha value is -1.29. The maximum atomic E-state index is 8.53. The summed E-state index contributed by atoms with van der Waals surface area (Å²) in [4.78, 5) is 0. The highest BCUT2D eigenvalue weighted by molar-refractivity contribution is 5.31. The Morgan fingerprint density at radius 3 is 2.57 bits per heavy atom. The van der Waals surface area contributed by atoms with Gasteiger partial charge in [-0.25, -0.2) is 0 Å². The third-order valence-electron chi connectivity index (χ3n) is 2.35. The smallest absolute Gasteiger partial charge is 0.0625 e. The van der Waals surface area contributed by atoms with Gasteiger partial charge < -0.3 is 0 Å². The van der Waals surface area contributed by atoms with Crippen molar-refractivity contribution >= 4 is 0 Å². The second-order valence-corrected chi connectivity index (χ2v) is 4.06. The molecular formula is C13H17N. The number of nitrogens with zero attached hydrogens (tertiary/aromatic N) is 1. The molecule has 0 aromatic heterocycles. The lowest BCUT2D eigenvalue weighted by atomic mass is 9.96.